The minimum absolute atomic E-state index is 0. The molecule has 1 aliphatic carbocycles. The molecule has 0 aromatic heterocycles. The zero-order valence-electron chi connectivity index (χ0n) is 12.7. The highest BCUT2D eigenvalue weighted by Crippen LogP contribution is 2.41. The van der Waals surface area contributed by atoms with Crippen LogP contribution >= 0.6 is 0 Å². The third-order valence-electron chi connectivity index (χ3n) is 4.16. The summed E-state index contributed by atoms with van der Waals surface area (Å²) in [6.45, 7) is 0. The van der Waals surface area contributed by atoms with Gasteiger partial charge in [-0.15, -0.1) is 0 Å². The van der Waals surface area contributed by atoms with E-state index in [2.05, 4.69) is 0 Å². The Morgan fingerprint density at radius 3 is 2.65 bits per heavy atom. The zero-order valence-corrected chi connectivity index (χ0v) is 12.7. The van der Waals surface area contributed by atoms with Crippen LogP contribution in [0.1, 0.15) is 41.8 Å². The Bertz CT molecular complexity index is 763. The van der Waals surface area contributed by atoms with Crippen molar-refractivity contribution in [3.63, 3.8) is 0 Å². The van der Waals surface area contributed by atoms with Gasteiger partial charge in [-0.3, -0.25) is 4.79 Å². The summed E-state index contributed by atoms with van der Waals surface area (Å²) in [5, 5.41) is 0. The first kappa shape index (κ1) is 15.6. The van der Waals surface area contributed by atoms with Crippen LogP contribution in [0, 0.1) is 17.6 Å². The highest BCUT2D eigenvalue weighted by Gasteiger charge is 2.33. The zero-order chi connectivity index (χ0) is 16.6. The van der Waals surface area contributed by atoms with Crippen molar-refractivity contribution in [1.29, 1.82) is 0 Å². The standard InChI is InChI=1S/C18H17F2NO2.H2/c1-23-14-8-7-13(17(21)10-5-6-10)16(20)15(14)18(22)11-3-2-4-12(19)9-11;/h2-4,7-10,17H,5-6,21H2,1H3;1H/t17-;/m1./s1. The van der Waals surface area contributed by atoms with E-state index in [4.69, 9.17) is 10.5 Å². The minimum Gasteiger partial charge on any atom is -0.496 e. The topological polar surface area (TPSA) is 52.3 Å². The number of carbonyl (C=O) groups excluding carboxylic acids is 1. The number of ether oxygens (including phenoxy) is 1. The summed E-state index contributed by atoms with van der Waals surface area (Å²) in [6.07, 6.45) is 1.92. The number of benzene rings is 2. The number of nitrogens with two attached hydrogens (primary N) is 1. The lowest BCUT2D eigenvalue weighted by Crippen LogP contribution is -2.17. The number of hydrogen-bond donors (Lipinski definition) is 1. The number of carbonyl (C=O) groups is 1. The molecule has 0 spiro atoms. The van der Waals surface area contributed by atoms with E-state index in [1.807, 2.05) is 0 Å². The van der Waals surface area contributed by atoms with Gasteiger partial charge in [0.05, 0.1) is 7.11 Å². The van der Waals surface area contributed by atoms with Gasteiger partial charge < -0.3 is 10.5 Å². The summed E-state index contributed by atoms with van der Waals surface area (Å²) in [5.74, 6) is -1.50. The molecule has 1 fully saturated rings. The number of halogens is 2. The fourth-order valence-electron chi connectivity index (χ4n) is 2.70. The van der Waals surface area contributed by atoms with Crippen LogP contribution in [0.2, 0.25) is 0 Å². The Hall–Kier alpha value is -2.27. The Morgan fingerprint density at radius 1 is 1.30 bits per heavy atom. The Labute approximate surface area is 134 Å². The average molecular weight is 319 g/mol. The van der Waals surface area contributed by atoms with Crippen LogP contribution in [-0.4, -0.2) is 12.9 Å². The first-order chi connectivity index (χ1) is 11.0. The summed E-state index contributed by atoms with van der Waals surface area (Å²) < 4.78 is 33.4. The van der Waals surface area contributed by atoms with E-state index in [-0.39, 0.29) is 24.2 Å². The van der Waals surface area contributed by atoms with E-state index in [9.17, 15) is 13.6 Å². The van der Waals surface area contributed by atoms with E-state index in [1.165, 1.54) is 31.4 Å². The van der Waals surface area contributed by atoms with Crippen molar-refractivity contribution in [2.45, 2.75) is 18.9 Å². The van der Waals surface area contributed by atoms with Gasteiger partial charge in [0.15, 0.2) is 5.78 Å². The highest BCUT2D eigenvalue weighted by atomic mass is 19.1. The molecular weight excluding hydrogens is 300 g/mol. The third kappa shape index (κ3) is 2.97. The van der Waals surface area contributed by atoms with Crippen molar-refractivity contribution in [2.24, 2.45) is 11.7 Å². The smallest absolute Gasteiger partial charge is 0.199 e. The van der Waals surface area contributed by atoms with Crippen LogP contribution in [-0.2, 0) is 0 Å². The van der Waals surface area contributed by atoms with Gasteiger partial charge in [0.25, 0.3) is 0 Å². The van der Waals surface area contributed by atoms with Gasteiger partial charge in [-0.05, 0) is 37.0 Å². The molecular formula is C18H19F2NO2. The van der Waals surface area contributed by atoms with Crippen molar-refractivity contribution in [1.82, 2.24) is 0 Å². The maximum absolute atomic E-state index is 14.9. The molecule has 23 heavy (non-hydrogen) atoms. The quantitative estimate of drug-likeness (QED) is 0.851. The molecule has 0 heterocycles. The van der Waals surface area contributed by atoms with Gasteiger partial charge in [0.1, 0.15) is 22.9 Å². The molecule has 1 atom stereocenters. The van der Waals surface area contributed by atoms with Crippen molar-refractivity contribution in [3.8, 4) is 5.75 Å². The normalized spacial score (nSPS) is 15.3. The second-order valence-corrected chi connectivity index (χ2v) is 5.75. The fourth-order valence-corrected chi connectivity index (χ4v) is 2.70. The van der Waals surface area contributed by atoms with E-state index in [0.29, 0.717) is 5.56 Å². The van der Waals surface area contributed by atoms with Gasteiger partial charge in [-0.1, -0.05) is 18.2 Å². The van der Waals surface area contributed by atoms with Crippen LogP contribution in [0.5, 0.6) is 5.75 Å². The predicted molar refractivity (Wildman–Crippen MR) is 84.6 cm³/mol. The monoisotopic (exact) mass is 319 g/mol. The van der Waals surface area contributed by atoms with Crippen LogP contribution in [0.3, 0.4) is 0 Å². The lowest BCUT2D eigenvalue weighted by molar-refractivity contribution is 0.103. The number of hydrogen-bond acceptors (Lipinski definition) is 3. The minimum atomic E-state index is -0.682. The maximum atomic E-state index is 14.9. The van der Waals surface area contributed by atoms with Crippen molar-refractivity contribution in [2.75, 3.05) is 7.11 Å². The van der Waals surface area contributed by atoms with Gasteiger partial charge in [-0.2, -0.15) is 0 Å². The molecule has 5 heteroatoms. The number of ketones is 1. The van der Waals surface area contributed by atoms with Crippen molar-refractivity contribution >= 4 is 5.78 Å². The van der Waals surface area contributed by atoms with Crippen molar-refractivity contribution < 1.29 is 19.7 Å². The first-order valence-corrected chi connectivity index (χ1v) is 7.45. The van der Waals surface area contributed by atoms with Crippen LogP contribution in [0.15, 0.2) is 36.4 Å². The van der Waals surface area contributed by atoms with E-state index < -0.39 is 23.5 Å². The molecule has 122 valence electrons. The lowest BCUT2D eigenvalue weighted by atomic mass is 9.95. The third-order valence-corrected chi connectivity index (χ3v) is 4.16. The molecule has 2 N–H and O–H groups in total. The van der Waals surface area contributed by atoms with E-state index >= 15 is 0 Å². The van der Waals surface area contributed by atoms with Gasteiger partial charge in [0.2, 0.25) is 0 Å². The molecule has 0 unspecified atom stereocenters. The molecule has 3 nitrogen and oxygen atoms in total. The maximum Gasteiger partial charge on any atom is 0.199 e. The van der Waals surface area contributed by atoms with Crippen LogP contribution in [0.25, 0.3) is 0 Å². The van der Waals surface area contributed by atoms with Crippen LogP contribution < -0.4 is 10.5 Å². The van der Waals surface area contributed by atoms with Gasteiger partial charge in [0, 0.05) is 18.6 Å². The summed E-state index contributed by atoms with van der Waals surface area (Å²) in [7, 11) is 1.36. The van der Waals surface area contributed by atoms with Gasteiger partial charge in [-0.25, -0.2) is 8.78 Å². The van der Waals surface area contributed by atoms with Crippen LogP contribution in [0.4, 0.5) is 8.78 Å². The summed E-state index contributed by atoms with van der Waals surface area (Å²) in [6, 6.07) is 7.80. The van der Waals surface area contributed by atoms with E-state index in [0.717, 1.165) is 18.9 Å². The average Bonchev–Trinajstić information content (AvgIpc) is 3.38. The second kappa shape index (κ2) is 6.08. The highest BCUT2D eigenvalue weighted by molar-refractivity contribution is 6.11. The Kier molecular flexibility index (Phi) is 4.13. The predicted octanol–water partition coefficient (Wildman–Crippen LogP) is 3.86. The fraction of sp³-hybridized carbons (Fsp3) is 0.278. The summed E-state index contributed by atoms with van der Waals surface area (Å²) in [5.41, 5.74) is 6.24. The number of rotatable bonds is 5. The molecule has 0 amide bonds. The largest absolute Gasteiger partial charge is 0.496 e. The van der Waals surface area contributed by atoms with Gasteiger partial charge >= 0.3 is 0 Å². The Balaban J connectivity index is 0.00000208. The molecule has 0 bridgehead atoms. The summed E-state index contributed by atoms with van der Waals surface area (Å²) in [4.78, 5) is 12.6. The molecule has 0 radical (unpaired) electrons. The molecule has 2 aromatic carbocycles. The molecule has 0 aliphatic heterocycles. The molecule has 3 rings (SSSR count). The van der Waals surface area contributed by atoms with Crippen molar-refractivity contribution in [3.05, 3.63) is 64.7 Å². The molecule has 1 aliphatic rings. The van der Waals surface area contributed by atoms with E-state index in [1.54, 1.807) is 6.07 Å². The second-order valence-electron chi connectivity index (χ2n) is 5.75. The molecule has 0 saturated heterocycles. The molecule has 2 aromatic rings. The molecule has 1 saturated carbocycles. The summed E-state index contributed by atoms with van der Waals surface area (Å²) >= 11 is 0. The number of methoxy groups -OCH3 is 1. The SMILES string of the molecule is COc1ccc([C@H](N)C2CC2)c(F)c1C(=O)c1cccc(F)c1.[HH]. The first-order valence-electron chi connectivity index (χ1n) is 7.45. The Morgan fingerprint density at radius 2 is 2.04 bits per heavy atom. The lowest BCUT2D eigenvalue weighted by Gasteiger charge is -2.16.